The lowest BCUT2D eigenvalue weighted by Gasteiger charge is -2.09. The standard InChI is InChI=1S/C15H23NO2/c1-2-8-17-9-10-18-15-5-3-4-13(11-15)12-16-14-6-7-14/h3-5,11,14,16H,2,6-10,12H2,1H3. The van der Waals surface area contributed by atoms with Crippen molar-refractivity contribution in [1.82, 2.24) is 5.32 Å². The van der Waals surface area contributed by atoms with Gasteiger partial charge in [0.1, 0.15) is 12.4 Å². The SMILES string of the molecule is CCCOCCOc1cccc(CNC2CC2)c1. The fourth-order valence-electron chi connectivity index (χ4n) is 1.76. The summed E-state index contributed by atoms with van der Waals surface area (Å²) < 4.78 is 11.0. The summed E-state index contributed by atoms with van der Waals surface area (Å²) in [5.74, 6) is 0.935. The summed E-state index contributed by atoms with van der Waals surface area (Å²) in [7, 11) is 0. The molecule has 3 nitrogen and oxygen atoms in total. The first kappa shape index (κ1) is 13.4. The maximum Gasteiger partial charge on any atom is 0.119 e. The van der Waals surface area contributed by atoms with Crippen molar-refractivity contribution >= 4 is 0 Å². The zero-order valence-corrected chi connectivity index (χ0v) is 11.2. The molecule has 0 spiro atoms. The summed E-state index contributed by atoms with van der Waals surface area (Å²) in [6, 6.07) is 9.04. The predicted octanol–water partition coefficient (Wildman–Crippen LogP) is 2.74. The van der Waals surface area contributed by atoms with Gasteiger partial charge in [0.2, 0.25) is 0 Å². The highest BCUT2D eigenvalue weighted by Crippen LogP contribution is 2.20. The molecular formula is C15H23NO2. The zero-order chi connectivity index (χ0) is 12.6. The van der Waals surface area contributed by atoms with Crippen LogP contribution in [-0.2, 0) is 11.3 Å². The van der Waals surface area contributed by atoms with Crippen molar-refractivity contribution in [3.05, 3.63) is 29.8 Å². The van der Waals surface area contributed by atoms with Crippen LogP contribution in [0.4, 0.5) is 0 Å². The molecule has 1 N–H and O–H groups in total. The van der Waals surface area contributed by atoms with Gasteiger partial charge in [-0.3, -0.25) is 0 Å². The van der Waals surface area contributed by atoms with Gasteiger partial charge in [-0.05, 0) is 37.0 Å². The maximum absolute atomic E-state index is 5.66. The lowest BCUT2D eigenvalue weighted by atomic mass is 10.2. The summed E-state index contributed by atoms with van der Waals surface area (Å²) in [6.07, 6.45) is 3.71. The lowest BCUT2D eigenvalue weighted by molar-refractivity contribution is 0.101. The highest BCUT2D eigenvalue weighted by atomic mass is 16.5. The summed E-state index contributed by atoms with van der Waals surface area (Å²) in [6.45, 7) is 5.15. The molecule has 0 atom stereocenters. The molecule has 0 heterocycles. The number of hydrogen-bond donors (Lipinski definition) is 1. The molecule has 1 aliphatic rings. The van der Waals surface area contributed by atoms with Crippen LogP contribution < -0.4 is 10.1 Å². The second-order valence-electron chi connectivity index (χ2n) is 4.76. The Kier molecular flexibility index (Phi) is 5.49. The molecule has 2 rings (SSSR count). The van der Waals surface area contributed by atoms with E-state index in [2.05, 4.69) is 24.4 Å². The first-order valence-corrected chi connectivity index (χ1v) is 6.91. The molecule has 1 saturated carbocycles. The fourth-order valence-corrected chi connectivity index (χ4v) is 1.76. The summed E-state index contributed by atoms with van der Waals surface area (Å²) >= 11 is 0. The third-order valence-electron chi connectivity index (χ3n) is 2.92. The zero-order valence-electron chi connectivity index (χ0n) is 11.2. The van der Waals surface area contributed by atoms with Crippen LogP contribution in [-0.4, -0.2) is 25.9 Å². The van der Waals surface area contributed by atoms with Gasteiger partial charge in [0, 0.05) is 19.2 Å². The van der Waals surface area contributed by atoms with Crippen LogP contribution in [0.5, 0.6) is 5.75 Å². The second kappa shape index (κ2) is 7.39. The van der Waals surface area contributed by atoms with Crippen LogP contribution in [0.15, 0.2) is 24.3 Å². The number of ether oxygens (including phenoxy) is 2. The monoisotopic (exact) mass is 249 g/mol. The molecule has 0 amide bonds. The van der Waals surface area contributed by atoms with Gasteiger partial charge in [0.15, 0.2) is 0 Å². The van der Waals surface area contributed by atoms with Gasteiger partial charge in [-0.1, -0.05) is 19.1 Å². The van der Waals surface area contributed by atoms with Gasteiger partial charge < -0.3 is 14.8 Å². The smallest absolute Gasteiger partial charge is 0.119 e. The molecule has 1 aromatic rings. The summed E-state index contributed by atoms with van der Waals surface area (Å²) in [4.78, 5) is 0. The van der Waals surface area contributed by atoms with E-state index < -0.39 is 0 Å². The average Bonchev–Trinajstić information content (AvgIpc) is 3.21. The molecule has 0 unspecified atom stereocenters. The molecule has 0 aliphatic heterocycles. The van der Waals surface area contributed by atoms with E-state index in [9.17, 15) is 0 Å². The molecule has 18 heavy (non-hydrogen) atoms. The highest BCUT2D eigenvalue weighted by Gasteiger charge is 2.19. The average molecular weight is 249 g/mol. The molecular weight excluding hydrogens is 226 g/mol. The van der Waals surface area contributed by atoms with E-state index in [0.29, 0.717) is 13.2 Å². The van der Waals surface area contributed by atoms with Crippen molar-refractivity contribution in [2.24, 2.45) is 0 Å². The maximum atomic E-state index is 5.66. The summed E-state index contributed by atoms with van der Waals surface area (Å²) in [5, 5.41) is 3.50. The Balaban J connectivity index is 1.68. The van der Waals surface area contributed by atoms with E-state index in [4.69, 9.17) is 9.47 Å². The van der Waals surface area contributed by atoms with Crippen molar-refractivity contribution in [2.75, 3.05) is 19.8 Å². The van der Waals surface area contributed by atoms with E-state index in [-0.39, 0.29) is 0 Å². The Labute approximate surface area is 109 Å². The highest BCUT2D eigenvalue weighted by molar-refractivity contribution is 5.28. The number of rotatable bonds is 9. The topological polar surface area (TPSA) is 30.5 Å². The first-order chi connectivity index (χ1) is 8.88. The Bertz CT molecular complexity index is 350. The minimum atomic E-state index is 0.625. The van der Waals surface area contributed by atoms with Crippen LogP contribution in [0, 0.1) is 0 Å². The van der Waals surface area contributed by atoms with Crippen molar-refractivity contribution in [1.29, 1.82) is 0 Å². The first-order valence-electron chi connectivity index (χ1n) is 6.91. The molecule has 1 fully saturated rings. The molecule has 3 heteroatoms. The van der Waals surface area contributed by atoms with Gasteiger partial charge in [-0.15, -0.1) is 0 Å². The van der Waals surface area contributed by atoms with Crippen molar-refractivity contribution < 1.29 is 9.47 Å². The Hall–Kier alpha value is -1.06. The quantitative estimate of drug-likeness (QED) is 0.683. The molecule has 0 saturated heterocycles. The lowest BCUT2D eigenvalue weighted by Crippen LogP contribution is -2.15. The normalized spacial score (nSPS) is 14.7. The van der Waals surface area contributed by atoms with Crippen LogP contribution in [0.3, 0.4) is 0 Å². The van der Waals surface area contributed by atoms with E-state index in [1.807, 2.05) is 12.1 Å². The molecule has 0 bridgehead atoms. The summed E-state index contributed by atoms with van der Waals surface area (Å²) in [5.41, 5.74) is 1.29. The predicted molar refractivity (Wildman–Crippen MR) is 72.9 cm³/mol. The third-order valence-corrected chi connectivity index (χ3v) is 2.92. The minimum Gasteiger partial charge on any atom is -0.491 e. The van der Waals surface area contributed by atoms with Crippen LogP contribution in [0.25, 0.3) is 0 Å². The van der Waals surface area contributed by atoms with E-state index in [1.165, 1.54) is 18.4 Å². The number of hydrogen-bond acceptors (Lipinski definition) is 3. The molecule has 1 aromatic carbocycles. The van der Waals surface area contributed by atoms with Crippen LogP contribution in [0.1, 0.15) is 31.7 Å². The molecule has 100 valence electrons. The Morgan fingerprint density at radius 1 is 1.22 bits per heavy atom. The van der Waals surface area contributed by atoms with Crippen LogP contribution in [0.2, 0.25) is 0 Å². The van der Waals surface area contributed by atoms with Crippen molar-refractivity contribution in [2.45, 2.75) is 38.8 Å². The minimum absolute atomic E-state index is 0.625. The Morgan fingerprint density at radius 3 is 2.89 bits per heavy atom. The van der Waals surface area contributed by atoms with E-state index in [0.717, 1.165) is 31.4 Å². The number of benzene rings is 1. The van der Waals surface area contributed by atoms with Crippen molar-refractivity contribution in [3.63, 3.8) is 0 Å². The van der Waals surface area contributed by atoms with Crippen molar-refractivity contribution in [3.8, 4) is 5.75 Å². The van der Waals surface area contributed by atoms with Gasteiger partial charge in [-0.25, -0.2) is 0 Å². The largest absolute Gasteiger partial charge is 0.491 e. The van der Waals surface area contributed by atoms with Gasteiger partial charge in [0.25, 0.3) is 0 Å². The second-order valence-corrected chi connectivity index (χ2v) is 4.76. The molecule has 0 aromatic heterocycles. The molecule has 0 radical (unpaired) electrons. The molecule has 1 aliphatic carbocycles. The van der Waals surface area contributed by atoms with E-state index in [1.54, 1.807) is 0 Å². The van der Waals surface area contributed by atoms with Gasteiger partial charge in [-0.2, -0.15) is 0 Å². The van der Waals surface area contributed by atoms with Gasteiger partial charge in [0.05, 0.1) is 6.61 Å². The fraction of sp³-hybridized carbons (Fsp3) is 0.600. The van der Waals surface area contributed by atoms with Gasteiger partial charge >= 0.3 is 0 Å². The van der Waals surface area contributed by atoms with E-state index >= 15 is 0 Å². The van der Waals surface area contributed by atoms with Crippen LogP contribution >= 0.6 is 0 Å². The number of nitrogens with one attached hydrogen (secondary N) is 1. The third kappa shape index (κ3) is 5.07. The Morgan fingerprint density at radius 2 is 2.11 bits per heavy atom.